The van der Waals surface area contributed by atoms with E-state index in [1.54, 1.807) is 0 Å². The van der Waals surface area contributed by atoms with Crippen molar-refractivity contribution in [2.45, 2.75) is 38.8 Å². The second-order valence-corrected chi connectivity index (χ2v) is 8.15. The van der Waals surface area contributed by atoms with Gasteiger partial charge in [-0.3, -0.25) is 0 Å². The molecule has 1 saturated carbocycles. The fourth-order valence-corrected chi connectivity index (χ4v) is 4.15. The molecule has 156 valence electrons. The van der Waals surface area contributed by atoms with Crippen LogP contribution in [0.5, 0.6) is 0 Å². The number of rotatable bonds is 8. The van der Waals surface area contributed by atoms with Crippen LogP contribution in [0.2, 0.25) is 10.0 Å². The van der Waals surface area contributed by atoms with Gasteiger partial charge in [0.15, 0.2) is 0 Å². The zero-order valence-corrected chi connectivity index (χ0v) is 19.0. The minimum absolute atomic E-state index is 0. The van der Waals surface area contributed by atoms with Gasteiger partial charge in [0.2, 0.25) is 0 Å². The van der Waals surface area contributed by atoms with E-state index in [-0.39, 0.29) is 24.8 Å². The molecule has 1 aliphatic carbocycles. The van der Waals surface area contributed by atoms with E-state index >= 15 is 0 Å². The normalized spacial score (nSPS) is 18.8. The third-order valence-electron chi connectivity index (χ3n) is 5.38. The number of nitrogens with one attached hydrogen (secondary N) is 2. The Hall–Kier alpha value is -0.480. The topological polar surface area (TPSA) is 24.1 Å². The Bertz CT molecular complexity index is 628. The van der Waals surface area contributed by atoms with E-state index < -0.39 is 0 Å². The van der Waals surface area contributed by atoms with Gasteiger partial charge in [0.25, 0.3) is 0 Å². The predicted octanol–water partition coefficient (Wildman–Crippen LogP) is -0.313. The van der Waals surface area contributed by atoms with E-state index in [9.17, 15) is 0 Å². The zero-order valence-electron chi connectivity index (χ0n) is 15.9. The van der Waals surface area contributed by atoms with Crippen molar-refractivity contribution in [1.29, 1.82) is 0 Å². The van der Waals surface area contributed by atoms with E-state index in [0.717, 1.165) is 48.1 Å². The van der Waals surface area contributed by atoms with Crippen molar-refractivity contribution < 1.29 is 24.8 Å². The molecular weight excluding hydrogens is 434 g/mol. The van der Waals surface area contributed by atoms with Crippen LogP contribution in [0.3, 0.4) is 0 Å². The quantitative estimate of drug-likeness (QED) is 0.563. The van der Waals surface area contributed by atoms with Gasteiger partial charge < -0.3 is 35.4 Å². The van der Waals surface area contributed by atoms with Crippen LogP contribution in [0.15, 0.2) is 48.5 Å². The molecule has 0 saturated heterocycles. The fourth-order valence-electron chi connectivity index (χ4n) is 3.75. The first-order chi connectivity index (χ1) is 12.7. The van der Waals surface area contributed by atoms with E-state index in [1.165, 1.54) is 36.8 Å². The predicted molar refractivity (Wildman–Crippen MR) is 112 cm³/mol. The first-order valence-corrected chi connectivity index (χ1v) is 10.4. The first-order valence-electron chi connectivity index (χ1n) is 9.60. The average molecular weight is 462 g/mol. The van der Waals surface area contributed by atoms with Crippen LogP contribution < -0.4 is 35.4 Å². The molecule has 6 heteroatoms. The third kappa shape index (κ3) is 8.10. The number of benzene rings is 2. The van der Waals surface area contributed by atoms with E-state index in [0.29, 0.717) is 0 Å². The molecule has 0 unspecified atom stereocenters. The maximum absolute atomic E-state index is 6.21. The highest BCUT2D eigenvalue weighted by molar-refractivity contribution is 6.31. The lowest BCUT2D eigenvalue weighted by atomic mass is 9.82. The summed E-state index contributed by atoms with van der Waals surface area (Å²) in [4.78, 5) is 0. The van der Waals surface area contributed by atoms with Crippen LogP contribution in [0.1, 0.15) is 36.8 Å². The van der Waals surface area contributed by atoms with Crippen molar-refractivity contribution in [2.24, 2.45) is 11.8 Å². The van der Waals surface area contributed by atoms with Crippen LogP contribution in [0.25, 0.3) is 0 Å². The molecule has 2 nitrogen and oxygen atoms in total. The molecule has 0 bridgehead atoms. The molecule has 1 fully saturated rings. The number of hydrogen-bond donors (Lipinski definition) is 2. The highest BCUT2D eigenvalue weighted by Gasteiger charge is 2.20. The molecule has 2 aromatic carbocycles. The van der Waals surface area contributed by atoms with Crippen molar-refractivity contribution in [1.82, 2.24) is 10.6 Å². The first kappa shape index (κ1) is 25.6. The smallest absolute Gasteiger partial charge is 0.0450 e. The zero-order chi connectivity index (χ0) is 18.2. The summed E-state index contributed by atoms with van der Waals surface area (Å²) >= 11 is 12.4. The van der Waals surface area contributed by atoms with Crippen molar-refractivity contribution in [3.63, 3.8) is 0 Å². The minimum atomic E-state index is 0. The van der Waals surface area contributed by atoms with Crippen LogP contribution in [-0.4, -0.2) is 13.1 Å². The van der Waals surface area contributed by atoms with Gasteiger partial charge in [-0.1, -0.05) is 59.6 Å². The molecule has 0 radical (unpaired) electrons. The molecule has 1 aliphatic rings. The van der Waals surface area contributed by atoms with Crippen LogP contribution >= 0.6 is 23.2 Å². The van der Waals surface area contributed by atoms with Crippen molar-refractivity contribution in [3.8, 4) is 0 Å². The Morgan fingerprint density at radius 2 is 1.00 bits per heavy atom. The van der Waals surface area contributed by atoms with Gasteiger partial charge in [-0.25, -0.2) is 0 Å². The molecule has 0 aliphatic heterocycles. The fraction of sp³-hybridized carbons (Fsp3) is 0.455. The summed E-state index contributed by atoms with van der Waals surface area (Å²) in [6, 6.07) is 16.2. The molecule has 0 aromatic heterocycles. The largest absolute Gasteiger partial charge is 1.00 e. The number of halogens is 4. The number of hydrogen-bond acceptors (Lipinski definition) is 2. The molecule has 0 heterocycles. The summed E-state index contributed by atoms with van der Waals surface area (Å²) in [6.07, 6.45) is 5.25. The minimum Gasteiger partial charge on any atom is -1.00 e. The Kier molecular flexibility index (Phi) is 12.5. The Morgan fingerprint density at radius 3 is 1.36 bits per heavy atom. The summed E-state index contributed by atoms with van der Waals surface area (Å²) < 4.78 is 0. The molecule has 2 N–H and O–H groups in total. The van der Waals surface area contributed by atoms with Gasteiger partial charge in [-0.2, -0.15) is 0 Å². The summed E-state index contributed by atoms with van der Waals surface area (Å²) in [5, 5.41) is 8.88. The molecule has 0 spiro atoms. The Labute approximate surface area is 191 Å². The highest BCUT2D eigenvalue weighted by Crippen LogP contribution is 2.28. The Morgan fingerprint density at radius 1 is 0.643 bits per heavy atom. The maximum Gasteiger partial charge on any atom is 0.0450 e. The summed E-state index contributed by atoms with van der Waals surface area (Å²) in [5.74, 6) is 1.58. The lowest BCUT2D eigenvalue weighted by Gasteiger charge is -2.29. The van der Waals surface area contributed by atoms with Crippen molar-refractivity contribution in [3.05, 3.63) is 69.7 Å². The third-order valence-corrected chi connectivity index (χ3v) is 6.12. The van der Waals surface area contributed by atoms with Gasteiger partial charge in [0, 0.05) is 23.1 Å². The highest BCUT2D eigenvalue weighted by atomic mass is 35.5. The van der Waals surface area contributed by atoms with Gasteiger partial charge >= 0.3 is 0 Å². The summed E-state index contributed by atoms with van der Waals surface area (Å²) in [5.41, 5.74) is 2.37. The van der Waals surface area contributed by atoms with Gasteiger partial charge in [0.1, 0.15) is 0 Å². The molecule has 3 rings (SSSR count). The standard InChI is InChI=1S/C22H28Cl2N2.2ClH/c23-21-7-3-1-5-19(21)15-25-13-17-9-11-18(12-10-17)14-26-16-20-6-2-4-8-22(20)24;;/h1-8,17-18,25-26H,9-16H2;2*1H/p-2. The average Bonchev–Trinajstić information content (AvgIpc) is 2.66. The molecule has 2 aromatic rings. The summed E-state index contributed by atoms with van der Waals surface area (Å²) in [6.45, 7) is 3.90. The van der Waals surface area contributed by atoms with Crippen LogP contribution in [-0.2, 0) is 13.1 Å². The SMILES string of the molecule is Clc1ccccc1CNCC1CCC(CNCc2ccccc2Cl)CC1.[Cl-].[Cl-]. The van der Waals surface area contributed by atoms with Crippen molar-refractivity contribution >= 4 is 23.2 Å². The van der Waals surface area contributed by atoms with Crippen LogP contribution in [0.4, 0.5) is 0 Å². The summed E-state index contributed by atoms with van der Waals surface area (Å²) in [7, 11) is 0. The van der Waals surface area contributed by atoms with Gasteiger partial charge in [-0.15, -0.1) is 0 Å². The van der Waals surface area contributed by atoms with E-state index in [2.05, 4.69) is 22.8 Å². The Balaban J connectivity index is 0.00000196. The van der Waals surface area contributed by atoms with E-state index in [1.807, 2.05) is 36.4 Å². The molecule has 28 heavy (non-hydrogen) atoms. The molecule has 0 atom stereocenters. The lowest BCUT2D eigenvalue weighted by molar-refractivity contribution is -0.00100. The van der Waals surface area contributed by atoms with Gasteiger partial charge in [0.05, 0.1) is 0 Å². The van der Waals surface area contributed by atoms with Crippen molar-refractivity contribution in [2.75, 3.05) is 13.1 Å². The molecule has 0 amide bonds. The maximum atomic E-state index is 6.21. The second kappa shape index (κ2) is 13.7. The monoisotopic (exact) mass is 460 g/mol. The van der Waals surface area contributed by atoms with Crippen LogP contribution in [0, 0.1) is 11.8 Å². The molecular formula is C22H28Cl4N2-2. The van der Waals surface area contributed by atoms with Gasteiger partial charge in [-0.05, 0) is 73.9 Å². The van der Waals surface area contributed by atoms with E-state index in [4.69, 9.17) is 23.2 Å². The lowest BCUT2D eigenvalue weighted by Crippen LogP contribution is -3.00. The second-order valence-electron chi connectivity index (χ2n) is 7.33.